The van der Waals surface area contributed by atoms with E-state index in [-0.39, 0.29) is 27.0 Å². The molecule has 6 aromatic rings. The zero-order valence-corrected chi connectivity index (χ0v) is 30.9. The van der Waals surface area contributed by atoms with Gasteiger partial charge in [0.05, 0.1) is 15.5 Å². The molecule has 266 valence electrons. The first-order valence-electron chi connectivity index (χ1n) is 17.0. The first-order chi connectivity index (χ1) is 26.1. The molecule has 7 nitrogen and oxygen atoms in total. The van der Waals surface area contributed by atoms with Gasteiger partial charge in [-0.2, -0.15) is 0 Å². The SMILES string of the molecule is CC(C)c1ccc(SC(=O)c2cccc(-c3cccc(SC(=O)c4ccccc4-c4cccc(NC(=O)c5ccccc5)c(=O)c4)c(=O)c3)c2)c(=O)cc1. The van der Waals surface area contributed by atoms with Crippen molar-refractivity contribution in [2.75, 3.05) is 5.32 Å². The molecule has 0 unspecified atom stereocenters. The van der Waals surface area contributed by atoms with Crippen molar-refractivity contribution >= 4 is 45.3 Å². The molecule has 0 spiro atoms. The van der Waals surface area contributed by atoms with Gasteiger partial charge in [0.15, 0.2) is 10.9 Å². The Morgan fingerprint density at radius 2 is 1.09 bits per heavy atom. The Labute approximate surface area is 320 Å². The van der Waals surface area contributed by atoms with Crippen LogP contribution in [0.4, 0.5) is 5.69 Å². The summed E-state index contributed by atoms with van der Waals surface area (Å²) in [6.07, 6.45) is 0. The summed E-state index contributed by atoms with van der Waals surface area (Å²) in [5, 5.41) is 1.95. The summed E-state index contributed by atoms with van der Waals surface area (Å²) in [5.74, 6) is -0.187. The van der Waals surface area contributed by atoms with E-state index in [4.69, 9.17) is 0 Å². The first kappa shape index (κ1) is 37.6. The van der Waals surface area contributed by atoms with E-state index in [1.54, 1.807) is 121 Å². The number of benzene rings is 3. The second kappa shape index (κ2) is 17.1. The van der Waals surface area contributed by atoms with Crippen LogP contribution in [-0.4, -0.2) is 16.1 Å². The van der Waals surface area contributed by atoms with Crippen molar-refractivity contribution in [3.05, 3.63) is 205 Å². The van der Waals surface area contributed by atoms with Crippen LogP contribution in [0.2, 0.25) is 0 Å². The van der Waals surface area contributed by atoms with E-state index in [0.717, 1.165) is 29.1 Å². The molecule has 54 heavy (non-hydrogen) atoms. The van der Waals surface area contributed by atoms with Gasteiger partial charge < -0.3 is 5.32 Å². The van der Waals surface area contributed by atoms with Gasteiger partial charge in [0.1, 0.15) is 0 Å². The van der Waals surface area contributed by atoms with Gasteiger partial charge in [0.25, 0.3) is 5.91 Å². The van der Waals surface area contributed by atoms with Crippen molar-refractivity contribution in [1.29, 1.82) is 0 Å². The Morgan fingerprint density at radius 1 is 0.500 bits per heavy atom. The van der Waals surface area contributed by atoms with Crippen LogP contribution in [0.1, 0.15) is 56.4 Å². The number of anilines is 1. The molecular formula is C45H33NO6S2. The van der Waals surface area contributed by atoms with Gasteiger partial charge in [0, 0.05) is 16.7 Å². The normalized spacial score (nSPS) is 10.8. The predicted octanol–water partition coefficient (Wildman–Crippen LogP) is 9.34. The van der Waals surface area contributed by atoms with Gasteiger partial charge in [-0.25, -0.2) is 0 Å². The molecule has 0 saturated carbocycles. The minimum atomic E-state index is -0.437. The summed E-state index contributed by atoms with van der Waals surface area (Å²) in [5.41, 5.74) is 3.22. The number of hydrogen-bond donors (Lipinski definition) is 1. The maximum Gasteiger partial charge on any atom is 0.255 e. The molecule has 0 heterocycles. The van der Waals surface area contributed by atoms with Crippen LogP contribution in [0.3, 0.4) is 0 Å². The molecule has 1 amide bonds. The van der Waals surface area contributed by atoms with Crippen LogP contribution in [0.25, 0.3) is 22.3 Å². The average molecular weight is 748 g/mol. The van der Waals surface area contributed by atoms with Crippen LogP contribution in [-0.2, 0) is 0 Å². The zero-order valence-electron chi connectivity index (χ0n) is 29.3. The van der Waals surface area contributed by atoms with Crippen LogP contribution >= 0.6 is 23.5 Å². The molecule has 6 rings (SSSR count). The molecule has 0 aliphatic rings. The average Bonchev–Trinajstić information content (AvgIpc) is 3.57. The van der Waals surface area contributed by atoms with Crippen molar-refractivity contribution in [3.63, 3.8) is 0 Å². The summed E-state index contributed by atoms with van der Waals surface area (Å²) in [6.45, 7) is 4.06. The molecule has 0 saturated heterocycles. The van der Waals surface area contributed by atoms with Gasteiger partial charge >= 0.3 is 0 Å². The van der Waals surface area contributed by atoms with Gasteiger partial charge in [-0.1, -0.05) is 105 Å². The van der Waals surface area contributed by atoms with Gasteiger partial charge in [-0.05, 0) is 118 Å². The van der Waals surface area contributed by atoms with E-state index in [1.807, 2.05) is 19.9 Å². The third kappa shape index (κ3) is 9.06. The number of nitrogens with one attached hydrogen (secondary N) is 1. The summed E-state index contributed by atoms with van der Waals surface area (Å²) < 4.78 is 0. The second-order valence-corrected chi connectivity index (χ2v) is 14.6. The third-order valence-corrected chi connectivity index (χ3v) is 10.4. The second-order valence-electron chi connectivity index (χ2n) is 12.5. The quantitative estimate of drug-likeness (QED) is 0.146. The molecule has 0 aromatic heterocycles. The van der Waals surface area contributed by atoms with E-state index >= 15 is 0 Å². The summed E-state index contributed by atoms with van der Waals surface area (Å²) in [4.78, 5) is 79.6. The number of thioether (sulfide) groups is 2. The molecule has 0 atom stereocenters. The predicted molar refractivity (Wildman–Crippen MR) is 218 cm³/mol. The van der Waals surface area contributed by atoms with Gasteiger partial charge in [-0.15, -0.1) is 0 Å². The van der Waals surface area contributed by atoms with Crippen LogP contribution in [0.15, 0.2) is 176 Å². The lowest BCUT2D eigenvalue weighted by Crippen LogP contribution is -2.16. The molecule has 0 bridgehead atoms. The van der Waals surface area contributed by atoms with Crippen LogP contribution < -0.4 is 21.6 Å². The van der Waals surface area contributed by atoms with Crippen molar-refractivity contribution in [3.8, 4) is 22.3 Å². The van der Waals surface area contributed by atoms with Crippen LogP contribution in [0.5, 0.6) is 0 Å². The number of hydrogen-bond acceptors (Lipinski definition) is 8. The van der Waals surface area contributed by atoms with E-state index < -0.39 is 21.9 Å². The molecule has 1 N–H and O–H groups in total. The van der Waals surface area contributed by atoms with Crippen molar-refractivity contribution in [2.24, 2.45) is 0 Å². The zero-order chi connectivity index (χ0) is 38.2. The van der Waals surface area contributed by atoms with E-state index in [9.17, 15) is 28.8 Å². The van der Waals surface area contributed by atoms with E-state index in [2.05, 4.69) is 5.32 Å². The fourth-order valence-electron chi connectivity index (χ4n) is 5.58. The molecule has 0 aliphatic carbocycles. The molecule has 9 heteroatoms. The van der Waals surface area contributed by atoms with Crippen LogP contribution in [0, 0.1) is 0 Å². The van der Waals surface area contributed by atoms with Crippen molar-refractivity contribution < 1.29 is 14.4 Å². The highest BCUT2D eigenvalue weighted by molar-refractivity contribution is 8.14. The van der Waals surface area contributed by atoms with Crippen molar-refractivity contribution in [1.82, 2.24) is 0 Å². The third-order valence-electron chi connectivity index (χ3n) is 8.49. The summed E-state index contributed by atoms with van der Waals surface area (Å²) >= 11 is 1.64. The lowest BCUT2D eigenvalue weighted by atomic mass is 10.0. The number of rotatable bonds is 9. The first-order valence-corrected chi connectivity index (χ1v) is 18.6. The largest absolute Gasteiger partial charge is 0.319 e. The Morgan fingerprint density at radius 3 is 1.87 bits per heavy atom. The fourth-order valence-corrected chi connectivity index (χ4v) is 7.13. The smallest absolute Gasteiger partial charge is 0.255 e. The highest BCUT2D eigenvalue weighted by Crippen LogP contribution is 2.30. The lowest BCUT2D eigenvalue weighted by Gasteiger charge is -2.07. The minimum Gasteiger partial charge on any atom is -0.319 e. The van der Waals surface area contributed by atoms with E-state index in [1.165, 1.54) is 24.3 Å². The Kier molecular flexibility index (Phi) is 11.9. The van der Waals surface area contributed by atoms with Gasteiger partial charge in [0.2, 0.25) is 15.7 Å². The number of carbonyl (C=O) groups is 3. The Balaban J connectivity index is 1.22. The summed E-state index contributed by atoms with van der Waals surface area (Å²) in [7, 11) is 0. The Bertz CT molecular complexity index is 2590. The molecule has 0 aliphatic heterocycles. The molecule has 0 fully saturated rings. The molecule has 6 aromatic carbocycles. The molecular weight excluding hydrogens is 715 g/mol. The van der Waals surface area contributed by atoms with E-state index in [0.29, 0.717) is 43.8 Å². The monoisotopic (exact) mass is 747 g/mol. The topological polar surface area (TPSA) is 114 Å². The number of amides is 1. The summed E-state index contributed by atoms with van der Waals surface area (Å²) in [6, 6.07) is 41.6. The highest BCUT2D eigenvalue weighted by Gasteiger charge is 2.17. The minimum absolute atomic E-state index is 0.0905. The van der Waals surface area contributed by atoms with Crippen molar-refractivity contribution in [2.45, 2.75) is 29.6 Å². The number of carbonyl (C=O) groups excluding carboxylic acids is 3. The highest BCUT2D eigenvalue weighted by atomic mass is 32.2. The maximum atomic E-state index is 13.7. The Hall–Kier alpha value is -6.16. The lowest BCUT2D eigenvalue weighted by molar-refractivity contribution is 0.102. The fraction of sp³-hybridized carbons (Fsp3) is 0.0667. The maximum absolute atomic E-state index is 13.7. The standard InChI is InChI=1S/C45H33NO6S2/c1-28(2)29-21-23-38(47)42(24-22-29)53-44(51)34-16-8-13-31(25-34)32-14-10-20-41(40(49)26-32)54-45(52)36-18-7-6-17-35(36)33-15-9-19-37(39(48)27-33)46-43(50)30-11-4-3-5-12-30/h3-28H,1-2H3,(H,46,48,50). The molecule has 0 radical (unpaired) electrons. The van der Waals surface area contributed by atoms with Gasteiger partial charge in [-0.3, -0.25) is 28.8 Å².